The molecule has 0 radical (unpaired) electrons. The van der Waals surface area contributed by atoms with E-state index >= 15 is 0 Å². The first-order chi connectivity index (χ1) is 14.5. The standard InChI is InChI=1S/C22H16ClFN2O4/c1-28-19-6-2-4-13-10-16(21(27)25-12-15-5-3-9-29-15)22(30-20(13)19)26-18-11-14(24)7-8-17(18)23/h2-11H,12H2,1H3,(H,25,27). The third-order valence-corrected chi connectivity index (χ3v) is 4.66. The van der Waals surface area contributed by atoms with E-state index in [-0.39, 0.29) is 28.4 Å². The van der Waals surface area contributed by atoms with Crippen LogP contribution < -0.4 is 15.6 Å². The molecular weight excluding hydrogens is 411 g/mol. The summed E-state index contributed by atoms with van der Waals surface area (Å²) in [6.07, 6.45) is 1.52. The molecule has 2 aromatic carbocycles. The summed E-state index contributed by atoms with van der Waals surface area (Å²) in [5.74, 6) is 0.109. The Kier molecular flexibility index (Phi) is 5.54. The van der Waals surface area contributed by atoms with Crippen molar-refractivity contribution in [1.82, 2.24) is 5.32 Å². The number of hydrogen-bond donors (Lipinski definition) is 1. The van der Waals surface area contributed by atoms with Crippen LogP contribution in [0.5, 0.6) is 5.75 Å². The van der Waals surface area contributed by atoms with Crippen LogP contribution in [0.25, 0.3) is 11.0 Å². The third-order valence-electron chi connectivity index (χ3n) is 4.34. The zero-order valence-corrected chi connectivity index (χ0v) is 16.6. The van der Waals surface area contributed by atoms with E-state index in [9.17, 15) is 9.18 Å². The van der Waals surface area contributed by atoms with Crippen molar-refractivity contribution in [3.8, 4) is 5.75 Å². The molecule has 1 N–H and O–H groups in total. The maximum atomic E-state index is 13.7. The van der Waals surface area contributed by atoms with E-state index in [2.05, 4.69) is 10.3 Å². The maximum Gasteiger partial charge on any atom is 0.257 e. The van der Waals surface area contributed by atoms with E-state index in [4.69, 9.17) is 25.2 Å². The number of hydrogen-bond acceptors (Lipinski definition) is 5. The molecule has 0 aliphatic carbocycles. The number of carbonyl (C=O) groups excluding carboxylic acids is 1. The van der Waals surface area contributed by atoms with E-state index in [0.29, 0.717) is 22.5 Å². The van der Waals surface area contributed by atoms with Crippen molar-refractivity contribution in [3.63, 3.8) is 0 Å². The number of para-hydroxylation sites is 1. The first kappa shape index (κ1) is 19.7. The molecule has 2 aromatic heterocycles. The van der Waals surface area contributed by atoms with Gasteiger partial charge < -0.3 is 18.9 Å². The Morgan fingerprint density at radius 3 is 2.83 bits per heavy atom. The molecule has 0 aliphatic heterocycles. The second-order valence-electron chi connectivity index (χ2n) is 6.31. The molecule has 152 valence electrons. The lowest BCUT2D eigenvalue weighted by molar-refractivity contribution is 0.0944. The highest BCUT2D eigenvalue weighted by molar-refractivity contribution is 6.32. The highest BCUT2D eigenvalue weighted by atomic mass is 35.5. The minimum Gasteiger partial charge on any atom is -0.493 e. The summed E-state index contributed by atoms with van der Waals surface area (Å²) in [5, 5.41) is 3.61. The van der Waals surface area contributed by atoms with Gasteiger partial charge in [0.15, 0.2) is 11.3 Å². The Hall–Kier alpha value is -3.58. The first-order valence-corrected chi connectivity index (χ1v) is 9.34. The molecule has 4 aromatic rings. The Labute approximate surface area is 175 Å². The van der Waals surface area contributed by atoms with Crippen molar-refractivity contribution in [2.45, 2.75) is 6.54 Å². The van der Waals surface area contributed by atoms with Crippen LogP contribution in [0.4, 0.5) is 10.1 Å². The molecule has 1 amide bonds. The zero-order valence-electron chi connectivity index (χ0n) is 15.8. The summed E-state index contributed by atoms with van der Waals surface area (Å²) in [7, 11) is 1.51. The number of benzene rings is 2. The third kappa shape index (κ3) is 4.06. The molecule has 0 spiro atoms. The Balaban J connectivity index is 1.86. The van der Waals surface area contributed by atoms with Gasteiger partial charge in [0.25, 0.3) is 5.91 Å². The Morgan fingerprint density at radius 2 is 2.07 bits per heavy atom. The van der Waals surface area contributed by atoms with Crippen LogP contribution in [-0.2, 0) is 6.54 Å². The highest BCUT2D eigenvalue weighted by Crippen LogP contribution is 2.27. The first-order valence-electron chi connectivity index (χ1n) is 8.96. The van der Waals surface area contributed by atoms with Gasteiger partial charge in [-0.15, -0.1) is 0 Å². The fourth-order valence-electron chi connectivity index (χ4n) is 2.89. The van der Waals surface area contributed by atoms with E-state index in [1.54, 1.807) is 36.4 Å². The van der Waals surface area contributed by atoms with Gasteiger partial charge in [0, 0.05) is 11.5 Å². The smallest absolute Gasteiger partial charge is 0.257 e. The van der Waals surface area contributed by atoms with Crippen molar-refractivity contribution in [2.24, 2.45) is 4.99 Å². The second kappa shape index (κ2) is 8.42. The maximum absolute atomic E-state index is 13.7. The average molecular weight is 427 g/mol. The number of ether oxygens (including phenoxy) is 1. The lowest BCUT2D eigenvalue weighted by atomic mass is 10.1. The number of nitrogens with one attached hydrogen (secondary N) is 1. The molecule has 0 fully saturated rings. The minimum atomic E-state index is -0.514. The zero-order chi connectivity index (χ0) is 21.1. The predicted octanol–water partition coefficient (Wildman–Crippen LogP) is 4.99. The molecule has 0 unspecified atom stereocenters. The van der Waals surface area contributed by atoms with Crippen LogP contribution in [0.15, 0.2) is 74.7 Å². The lowest BCUT2D eigenvalue weighted by Gasteiger charge is -2.08. The van der Waals surface area contributed by atoms with Crippen molar-refractivity contribution < 1.29 is 22.8 Å². The van der Waals surface area contributed by atoms with Gasteiger partial charge in [0.05, 0.1) is 30.6 Å². The van der Waals surface area contributed by atoms with E-state index in [1.165, 1.54) is 25.5 Å². The van der Waals surface area contributed by atoms with Gasteiger partial charge in [-0.3, -0.25) is 4.79 Å². The van der Waals surface area contributed by atoms with Crippen LogP contribution in [-0.4, -0.2) is 13.0 Å². The summed E-state index contributed by atoms with van der Waals surface area (Å²) in [5.41, 5.74) is 0.655. The summed E-state index contributed by atoms with van der Waals surface area (Å²) in [6, 6.07) is 14.2. The van der Waals surface area contributed by atoms with E-state index in [1.807, 2.05) is 0 Å². The molecule has 2 heterocycles. The molecular formula is C22H16ClFN2O4. The van der Waals surface area contributed by atoms with Gasteiger partial charge in [-0.1, -0.05) is 23.7 Å². The number of furan rings is 1. The van der Waals surface area contributed by atoms with E-state index < -0.39 is 11.7 Å². The van der Waals surface area contributed by atoms with Crippen LogP contribution in [0.1, 0.15) is 16.1 Å². The molecule has 0 atom stereocenters. The van der Waals surface area contributed by atoms with Crippen molar-refractivity contribution in [1.29, 1.82) is 0 Å². The molecule has 0 saturated carbocycles. The number of methoxy groups -OCH3 is 1. The average Bonchev–Trinajstić information content (AvgIpc) is 3.27. The highest BCUT2D eigenvalue weighted by Gasteiger charge is 2.15. The largest absolute Gasteiger partial charge is 0.493 e. The lowest BCUT2D eigenvalue weighted by Crippen LogP contribution is -2.28. The topological polar surface area (TPSA) is 77.0 Å². The number of rotatable bonds is 5. The van der Waals surface area contributed by atoms with Gasteiger partial charge in [-0.25, -0.2) is 9.38 Å². The molecule has 4 rings (SSSR count). The number of fused-ring (bicyclic) bond motifs is 1. The van der Waals surface area contributed by atoms with Gasteiger partial charge in [0.2, 0.25) is 5.55 Å². The molecule has 6 nitrogen and oxygen atoms in total. The van der Waals surface area contributed by atoms with Crippen molar-refractivity contribution >= 4 is 34.2 Å². The minimum absolute atomic E-state index is 0.0311. The summed E-state index contributed by atoms with van der Waals surface area (Å²) < 4.78 is 30.2. The number of carbonyl (C=O) groups is 1. The van der Waals surface area contributed by atoms with Gasteiger partial charge in [-0.2, -0.15) is 0 Å². The molecule has 0 saturated heterocycles. The Morgan fingerprint density at radius 1 is 1.20 bits per heavy atom. The van der Waals surface area contributed by atoms with Gasteiger partial charge in [0.1, 0.15) is 17.1 Å². The quantitative estimate of drug-likeness (QED) is 0.487. The molecule has 8 heteroatoms. The van der Waals surface area contributed by atoms with E-state index in [0.717, 1.165) is 6.07 Å². The second-order valence-corrected chi connectivity index (χ2v) is 6.72. The molecule has 0 bridgehead atoms. The van der Waals surface area contributed by atoms with Crippen LogP contribution in [0.3, 0.4) is 0 Å². The SMILES string of the molecule is COc1cccc2cc(C(=O)NCc3ccco3)c(=Nc3cc(F)ccc3Cl)oc12. The Bertz CT molecular complexity index is 1280. The number of halogens is 2. The predicted molar refractivity (Wildman–Crippen MR) is 109 cm³/mol. The fourth-order valence-corrected chi connectivity index (χ4v) is 3.05. The number of amides is 1. The van der Waals surface area contributed by atoms with Gasteiger partial charge in [-0.05, 0) is 36.4 Å². The monoisotopic (exact) mass is 426 g/mol. The number of nitrogens with zero attached hydrogens (tertiary/aromatic N) is 1. The summed E-state index contributed by atoms with van der Waals surface area (Å²) in [6.45, 7) is 0.183. The van der Waals surface area contributed by atoms with Gasteiger partial charge >= 0.3 is 0 Å². The summed E-state index contributed by atoms with van der Waals surface area (Å²) >= 11 is 6.14. The normalized spacial score (nSPS) is 11.6. The molecule has 30 heavy (non-hydrogen) atoms. The van der Waals surface area contributed by atoms with Crippen LogP contribution >= 0.6 is 11.6 Å². The van der Waals surface area contributed by atoms with Crippen LogP contribution in [0, 0.1) is 5.82 Å². The molecule has 0 aliphatic rings. The van der Waals surface area contributed by atoms with Crippen molar-refractivity contribution in [2.75, 3.05) is 7.11 Å². The van der Waals surface area contributed by atoms with Crippen LogP contribution in [0.2, 0.25) is 5.02 Å². The summed E-state index contributed by atoms with van der Waals surface area (Å²) in [4.78, 5) is 17.2. The fraction of sp³-hybridized carbons (Fsp3) is 0.0909. The van der Waals surface area contributed by atoms with Crippen molar-refractivity contribution in [3.05, 3.63) is 88.6 Å².